The second kappa shape index (κ2) is 14.1. The third-order valence-corrected chi connectivity index (χ3v) is 9.63. The van der Waals surface area contributed by atoms with Gasteiger partial charge in [0.2, 0.25) is 0 Å². The van der Waals surface area contributed by atoms with Crippen molar-refractivity contribution in [1.29, 1.82) is 0 Å². The fourth-order valence-electron chi connectivity index (χ4n) is 6.28. The van der Waals surface area contributed by atoms with E-state index in [1.165, 1.54) is 33.2 Å². The predicted octanol–water partition coefficient (Wildman–Crippen LogP) is 11.1. The maximum absolute atomic E-state index is 4.83. The van der Waals surface area contributed by atoms with E-state index >= 15 is 0 Å². The van der Waals surface area contributed by atoms with Gasteiger partial charge in [0.05, 0.1) is 12.4 Å². The first-order valence-corrected chi connectivity index (χ1v) is 16.7. The van der Waals surface area contributed by atoms with Gasteiger partial charge in [0.25, 0.3) is 0 Å². The van der Waals surface area contributed by atoms with Gasteiger partial charge in [-0.05, 0) is 46.2 Å². The zero-order valence-corrected chi connectivity index (χ0v) is 31.1. The Kier molecular flexibility index (Phi) is 9.88. The fourth-order valence-corrected chi connectivity index (χ4v) is 7.10. The number of rotatable bonds is 6. The Labute approximate surface area is 308 Å². The molecule has 1 aliphatic rings. The molecular formula is C43H37N4PtS-3. The Morgan fingerprint density at radius 3 is 2.27 bits per heavy atom. The van der Waals surface area contributed by atoms with Crippen LogP contribution in [0.1, 0.15) is 26.3 Å². The van der Waals surface area contributed by atoms with E-state index < -0.39 is 0 Å². The van der Waals surface area contributed by atoms with Crippen molar-refractivity contribution in [2.75, 3.05) is 16.5 Å². The van der Waals surface area contributed by atoms with Crippen LogP contribution in [0.25, 0.3) is 38.8 Å². The van der Waals surface area contributed by atoms with Gasteiger partial charge in [0.15, 0.2) is 0 Å². The number of benzene rings is 5. The van der Waals surface area contributed by atoms with Gasteiger partial charge in [-0.25, -0.2) is 4.98 Å². The molecule has 8 rings (SSSR count). The normalized spacial score (nSPS) is 12.7. The van der Waals surface area contributed by atoms with Crippen LogP contribution in [0, 0.1) is 19.6 Å². The van der Waals surface area contributed by atoms with Crippen molar-refractivity contribution in [3.8, 4) is 16.9 Å². The van der Waals surface area contributed by atoms with Gasteiger partial charge in [-0.15, -0.1) is 45.1 Å². The van der Waals surface area contributed by atoms with Crippen molar-refractivity contribution in [3.63, 3.8) is 0 Å². The van der Waals surface area contributed by atoms with E-state index in [-0.39, 0.29) is 33.9 Å². The van der Waals surface area contributed by atoms with Crippen LogP contribution >= 0.6 is 11.8 Å². The molecule has 0 spiro atoms. The van der Waals surface area contributed by atoms with Gasteiger partial charge >= 0.3 is 0 Å². The molecule has 3 heterocycles. The number of hydrogen-bond donors (Lipinski definition) is 0. The summed E-state index contributed by atoms with van der Waals surface area (Å²) >= 11 is 1.68. The molecule has 0 saturated heterocycles. The minimum absolute atomic E-state index is 0. The largest absolute Gasteiger partial charge is 0.358 e. The summed E-state index contributed by atoms with van der Waals surface area (Å²) in [5, 5.41) is 2.37. The van der Waals surface area contributed by atoms with Crippen LogP contribution in [0.2, 0.25) is 0 Å². The molecule has 4 nitrogen and oxygen atoms in total. The molecular weight excluding hydrogens is 800 g/mol. The van der Waals surface area contributed by atoms with Crippen LogP contribution in [-0.2, 0) is 26.5 Å². The van der Waals surface area contributed by atoms with E-state index in [9.17, 15) is 0 Å². The minimum atomic E-state index is 0. The number of aromatic nitrogens is 2. The number of para-hydroxylation sites is 2. The molecule has 0 bridgehead atoms. The predicted molar refractivity (Wildman–Crippen MR) is 203 cm³/mol. The third kappa shape index (κ3) is 6.71. The van der Waals surface area contributed by atoms with Crippen LogP contribution < -0.4 is 9.80 Å². The molecule has 1 aliphatic heterocycles. The number of fused-ring (bicyclic) bond motifs is 3. The Morgan fingerprint density at radius 1 is 0.694 bits per heavy atom. The molecule has 6 heteroatoms. The van der Waals surface area contributed by atoms with E-state index in [0.717, 1.165) is 32.3 Å². The van der Waals surface area contributed by atoms with Gasteiger partial charge in [0.1, 0.15) is 5.82 Å². The SMILES string of the molecule is CC(C)(C)c1ccnc(-n2c3[c-]c(Sc4[c-]c(N5C=CN(c6ccccc6-c6ccccc6)C5)ccc4)ccc3c3ccccc32)c1.[CH3-].[Pt]. The molecule has 0 radical (unpaired) electrons. The quantitative estimate of drug-likeness (QED) is 0.156. The Hall–Kier alpha value is -4.57. The van der Waals surface area contributed by atoms with Crippen molar-refractivity contribution in [3.05, 3.63) is 165 Å². The molecule has 0 aliphatic carbocycles. The molecule has 0 saturated carbocycles. The van der Waals surface area contributed by atoms with Gasteiger partial charge in [-0.2, -0.15) is 24.3 Å². The van der Waals surface area contributed by atoms with Crippen molar-refractivity contribution >= 4 is 44.9 Å². The Balaban J connectivity index is 0.00000208. The van der Waals surface area contributed by atoms with Gasteiger partial charge in [0, 0.05) is 50.7 Å². The molecule has 49 heavy (non-hydrogen) atoms. The Morgan fingerprint density at radius 2 is 1.43 bits per heavy atom. The van der Waals surface area contributed by atoms with Gasteiger partial charge in [-0.3, -0.25) is 0 Å². The maximum atomic E-state index is 4.83. The first-order valence-electron chi connectivity index (χ1n) is 15.9. The molecule has 0 unspecified atom stereocenters. The van der Waals surface area contributed by atoms with E-state index in [2.05, 4.69) is 181 Å². The number of hydrogen-bond acceptors (Lipinski definition) is 4. The number of nitrogens with zero attached hydrogens (tertiary/aromatic N) is 4. The molecule has 248 valence electrons. The summed E-state index contributed by atoms with van der Waals surface area (Å²) in [6, 6.07) is 50.2. The van der Waals surface area contributed by atoms with Crippen LogP contribution in [-0.4, -0.2) is 16.2 Å². The molecule has 5 aromatic carbocycles. The average Bonchev–Trinajstić information content (AvgIpc) is 3.72. The summed E-state index contributed by atoms with van der Waals surface area (Å²) in [5.74, 6) is 0.912. The zero-order valence-electron chi connectivity index (χ0n) is 28.0. The van der Waals surface area contributed by atoms with Crippen molar-refractivity contribution in [1.82, 2.24) is 9.55 Å². The van der Waals surface area contributed by atoms with E-state index in [0.29, 0.717) is 6.67 Å². The standard InChI is InChI=1S/C42H34N4S.CH3.Pt/c1-42(2,3)31-22-23-43-41(26-31)46-39-19-10-8-17-36(39)37-21-20-34(28-40(37)46)47-33-15-11-14-32(27-33)44-24-25-45(29-44)38-18-9-7-16-35(38)30-12-5-4-6-13-30;;/h4-26H,29H2,1-3H3;1H3;/q-2;-1;. The van der Waals surface area contributed by atoms with Gasteiger partial charge in [-0.1, -0.05) is 98.7 Å². The minimum Gasteiger partial charge on any atom is -0.358 e. The second-order valence-corrected chi connectivity index (χ2v) is 13.9. The summed E-state index contributed by atoms with van der Waals surface area (Å²) in [5.41, 5.74) is 8.08. The monoisotopic (exact) mass is 836 g/mol. The van der Waals surface area contributed by atoms with E-state index in [1.54, 1.807) is 11.8 Å². The van der Waals surface area contributed by atoms with Crippen molar-refractivity contribution < 1.29 is 21.1 Å². The molecule has 2 aromatic heterocycles. The maximum Gasteiger partial charge on any atom is 0.135 e. The number of pyridine rings is 1. The first-order chi connectivity index (χ1) is 22.9. The summed E-state index contributed by atoms with van der Waals surface area (Å²) in [6.45, 7) is 7.43. The second-order valence-electron chi connectivity index (χ2n) is 12.9. The van der Waals surface area contributed by atoms with Crippen LogP contribution in [0.4, 0.5) is 11.4 Å². The van der Waals surface area contributed by atoms with Crippen LogP contribution in [0.3, 0.4) is 0 Å². The summed E-state index contributed by atoms with van der Waals surface area (Å²) in [6.07, 6.45) is 6.21. The van der Waals surface area contributed by atoms with Crippen molar-refractivity contribution in [2.24, 2.45) is 0 Å². The third-order valence-electron chi connectivity index (χ3n) is 8.71. The smallest absolute Gasteiger partial charge is 0.135 e. The van der Waals surface area contributed by atoms with E-state index in [1.807, 2.05) is 6.20 Å². The molecule has 0 atom stereocenters. The fraction of sp³-hybridized carbons (Fsp3) is 0.116. The molecule has 0 amide bonds. The topological polar surface area (TPSA) is 24.3 Å². The summed E-state index contributed by atoms with van der Waals surface area (Å²) in [4.78, 5) is 11.4. The zero-order chi connectivity index (χ0) is 32.0. The van der Waals surface area contributed by atoms with Crippen LogP contribution in [0.15, 0.2) is 150 Å². The molecule has 0 N–H and O–H groups in total. The summed E-state index contributed by atoms with van der Waals surface area (Å²) in [7, 11) is 0. The van der Waals surface area contributed by atoms with Crippen LogP contribution in [0.5, 0.6) is 0 Å². The summed E-state index contributed by atoms with van der Waals surface area (Å²) < 4.78 is 2.25. The number of anilines is 2. The van der Waals surface area contributed by atoms with E-state index in [4.69, 9.17) is 4.98 Å². The molecule has 7 aromatic rings. The van der Waals surface area contributed by atoms with Crippen molar-refractivity contribution in [2.45, 2.75) is 36.0 Å². The average molecular weight is 837 g/mol. The van der Waals surface area contributed by atoms with Gasteiger partial charge < -0.3 is 21.8 Å². The Bertz CT molecular complexity index is 2270. The first kappa shape index (κ1) is 34.3. The molecule has 0 fully saturated rings.